The molecule has 0 bridgehead atoms. The molecule has 0 aliphatic carbocycles. The Morgan fingerprint density at radius 1 is 1.11 bits per heavy atom. The van der Waals surface area contributed by atoms with Crippen molar-refractivity contribution in [3.63, 3.8) is 0 Å². The molecule has 2 aromatic rings. The fourth-order valence-corrected chi connectivity index (χ4v) is 3.48. The number of anilines is 1. The zero-order valence-corrected chi connectivity index (χ0v) is 15.0. The third kappa shape index (κ3) is 2.98. The van der Waals surface area contributed by atoms with Gasteiger partial charge in [-0.05, 0) is 32.0 Å². The van der Waals surface area contributed by atoms with Crippen molar-refractivity contribution in [1.29, 1.82) is 0 Å². The number of rotatable bonds is 3. The van der Waals surface area contributed by atoms with Crippen molar-refractivity contribution in [3.05, 3.63) is 34.7 Å². The number of nitrogen functional groups attached to an aromatic ring is 1. The highest BCUT2D eigenvalue weighted by Gasteiger charge is 2.58. The van der Waals surface area contributed by atoms with Gasteiger partial charge in [-0.15, -0.1) is 0 Å². The summed E-state index contributed by atoms with van der Waals surface area (Å²) in [6.07, 6.45) is -3.73. The van der Waals surface area contributed by atoms with Gasteiger partial charge in [0.05, 0.1) is 5.60 Å². The largest absolute Gasteiger partial charge is 0.509 e. The van der Waals surface area contributed by atoms with Crippen LogP contribution in [0.5, 0.6) is 5.75 Å². The average molecular weight is 377 g/mol. The van der Waals surface area contributed by atoms with Gasteiger partial charge in [-0.2, -0.15) is 0 Å². The van der Waals surface area contributed by atoms with E-state index in [4.69, 9.17) is 33.8 Å². The van der Waals surface area contributed by atoms with Gasteiger partial charge in [0.2, 0.25) is 12.4 Å². The SMILES string of the molecule is CO[C@@H]1[C@H]2OC(=O)O[C@H]2[C@H](Oc2ccc3cc(N)c(=O)oc3c2)OC1(C)C. The van der Waals surface area contributed by atoms with Crippen molar-refractivity contribution >= 4 is 22.8 Å². The first-order valence-corrected chi connectivity index (χ1v) is 8.36. The minimum absolute atomic E-state index is 0.0250. The van der Waals surface area contributed by atoms with E-state index in [1.165, 1.54) is 13.2 Å². The van der Waals surface area contributed by atoms with Crippen molar-refractivity contribution < 1.29 is 32.9 Å². The maximum Gasteiger partial charge on any atom is 0.509 e. The lowest BCUT2D eigenvalue weighted by Gasteiger charge is -2.45. The number of carbonyl (C=O) groups is 1. The second kappa shape index (κ2) is 6.14. The van der Waals surface area contributed by atoms with Gasteiger partial charge in [-0.3, -0.25) is 0 Å². The van der Waals surface area contributed by atoms with Gasteiger partial charge in [-0.1, -0.05) is 0 Å². The van der Waals surface area contributed by atoms with Crippen LogP contribution in [-0.4, -0.2) is 43.5 Å². The van der Waals surface area contributed by atoms with Gasteiger partial charge < -0.3 is 33.8 Å². The Labute approximate surface area is 153 Å². The number of benzene rings is 1. The number of fused-ring (bicyclic) bond motifs is 2. The molecule has 9 heteroatoms. The van der Waals surface area contributed by atoms with E-state index in [-0.39, 0.29) is 5.69 Å². The summed E-state index contributed by atoms with van der Waals surface area (Å²) in [5.41, 5.74) is 4.48. The van der Waals surface area contributed by atoms with Crippen molar-refractivity contribution in [1.82, 2.24) is 0 Å². The van der Waals surface area contributed by atoms with Gasteiger partial charge in [0.15, 0.2) is 6.10 Å². The van der Waals surface area contributed by atoms with Crippen LogP contribution in [0.1, 0.15) is 13.8 Å². The van der Waals surface area contributed by atoms with E-state index in [1.54, 1.807) is 18.2 Å². The summed E-state index contributed by atoms with van der Waals surface area (Å²) in [7, 11) is 1.51. The number of carbonyl (C=O) groups excluding carboxylic acids is 1. The monoisotopic (exact) mass is 377 g/mol. The molecular formula is C18H19NO8. The number of hydrogen-bond donors (Lipinski definition) is 1. The molecule has 4 rings (SSSR count). The van der Waals surface area contributed by atoms with E-state index < -0.39 is 42.0 Å². The number of hydrogen-bond acceptors (Lipinski definition) is 9. The average Bonchev–Trinajstić information content (AvgIpc) is 2.97. The fraction of sp³-hybridized carbons (Fsp3) is 0.444. The first kappa shape index (κ1) is 17.6. The van der Waals surface area contributed by atoms with Crippen LogP contribution in [0.2, 0.25) is 0 Å². The maximum atomic E-state index is 11.7. The van der Waals surface area contributed by atoms with Crippen LogP contribution in [0.3, 0.4) is 0 Å². The summed E-state index contributed by atoms with van der Waals surface area (Å²) in [6, 6.07) is 6.44. The van der Waals surface area contributed by atoms with Gasteiger partial charge in [0, 0.05) is 18.6 Å². The Morgan fingerprint density at radius 2 is 1.85 bits per heavy atom. The summed E-state index contributed by atoms with van der Waals surface area (Å²) in [5.74, 6) is 0.369. The van der Waals surface area contributed by atoms with Crippen molar-refractivity contribution in [3.8, 4) is 5.75 Å². The third-order valence-electron chi connectivity index (χ3n) is 4.70. The Bertz CT molecular complexity index is 952. The van der Waals surface area contributed by atoms with E-state index in [0.29, 0.717) is 16.7 Å². The van der Waals surface area contributed by atoms with Crippen molar-refractivity contribution in [2.75, 3.05) is 12.8 Å². The highest BCUT2D eigenvalue weighted by molar-refractivity contribution is 5.80. The molecule has 2 N–H and O–H groups in total. The molecule has 0 unspecified atom stereocenters. The first-order chi connectivity index (χ1) is 12.8. The molecular weight excluding hydrogens is 358 g/mol. The van der Waals surface area contributed by atoms with Crippen molar-refractivity contribution in [2.24, 2.45) is 0 Å². The standard InChI is InChI=1S/C18H19NO8/c1-18(2)14(22-3)12-13(26-17(21)25-12)16(27-18)23-9-5-4-8-6-10(19)15(20)24-11(8)7-9/h4-7,12-14,16H,19H2,1-3H3/t12-,13+,14+,16+/m0/s1. The second-order valence-corrected chi connectivity index (χ2v) is 6.97. The highest BCUT2D eigenvalue weighted by Crippen LogP contribution is 2.38. The lowest BCUT2D eigenvalue weighted by Crippen LogP contribution is -2.62. The maximum absolute atomic E-state index is 11.7. The molecule has 144 valence electrons. The number of methoxy groups -OCH3 is 1. The van der Waals surface area contributed by atoms with E-state index >= 15 is 0 Å². The molecule has 0 amide bonds. The summed E-state index contributed by atoms with van der Waals surface area (Å²) < 4.78 is 33.0. The van der Waals surface area contributed by atoms with E-state index in [1.807, 2.05) is 13.8 Å². The molecule has 1 aromatic carbocycles. The van der Waals surface area contributed by atoms with Crippen LogP contribution in [-0.2, 0) is 18.9 Å². The van der Waals surface area contributed by atoms with E-state index in [0.717, 1.165) is 0 Å². The van der Waals surface area contributed by atoms with Crippen LogP contribution in [0.4, 0.5) is 10.5 Å². The minimum Gasteiger partial charge on any atom is -0.461 e. The molecule has 9 nitrogen and oxygen atoms in total. The number of ether oxygens (including phenoxy) is 5. The fourth-order valence-electron chi connectivity index (χ4n) is 3.48. The molecule has 1 aromatic heterocycles. The smallest absolute Gasteiger partial charge is 0.461 e. The Kier molecular flexibility index (Phi) is 4.01. The first-order valence-electron chi connectivity index (χ1n) is 8.36. The van der Waals surface area contributed by atoms with Crippen LogP contribution >= 0.6 is 0 Å². The molecule has 0 saturated carbocycles. The predicted molar refractivity (Wildman–Crippen MR) is 92.4 cm³/mol. The quantitative estimate of drug-likeness (QED) is 0.630. The molecule has 2 aliphatic heterocycles. The molecule has 0 spiro atoms. The Balaban J connectivity index is 1.65. The van der Waals surface area contributed by atoms with Crippen LogP contribution < -0.4 is 16.1 Å². The predicted octanol–water partition coefficient (Wildman–Crippen LogP) is 1.81. The minimum atomic E-state index is -0.930. The zero-order chi connectivity index (χ0) is 19.3. The Hall–Kier alpha value is -2.78. The highest BCUT2D eigenvalue weighted by atomic mass is 16.8. The second-order valence-electron chi connectivity index (χ2n) is 6.97. The summed E-state index contributed by atoms with van der Waals surface area (Å²) in [6.45, 7) is 3.62. The lowest BCUT2D eigenvalue weighted by molar-refractivity contribution is -0.282. The van der Waals surface area contributed by atoms with Crippen LogP contribution in [0.25, 0.3) is 11.0 Å². The topological polar surface area (TPSA) is 119 Å². The molecule has 2 aliphatic rings. The molecule has 27 heavy (non-hydrogen) atoms. The van der Waals surface area contributed by atoms with Crippen LogP contribution in [0, 0.1) is 0 Å². The van der Waals surface area contributed by atoms with Gasteiger partial charge in [-0.25, -0.2) is 9.59 Å². The molecule has 4 atom stereocenters. The summed E-state index contributed by atoms with van der Waals surface area (Å²) in [4.78, 5) is 23.3. The van der Waals surface area contributed by atoms with E-state index in [9.17, 15) is 9.59 Å². The molecule has 3 heterocycles. The Morgan fingerprint density at radius 3 is 2.59 bits per heavy atom. The summed E-state index contributed by atoms with van der Waals surface area (Å²) in [5, 5.41) is 0.650. The van der Waals surface area contributed by atoms with Crippen molar-refractivity contribution in [2.45, 2.75) is 44.1 Å². The molecule has 2 fully saturated rings. The molecule has 2 saturated heterocycles. The number of nitrogens with two attached hydrogens (primary N) is 1. The van der Waals surface area contributed by atoms with Gasteiger partial charge in [0.25, 0.3) is 0 Å². The summed E-state index contributed by atoms with van der Waals surface area (Å²) >= 11 is 0. The zero-order valence-electron chi connectivity index (χ0n) is 15.0. The molecule has 0 radical (unpaired) electrons. The van der Waals surface area contributed by atoms with E-state index in [2.05, 4.69) is 0 Å². The third-order valence-corrected chi connectivity index (χ3v) is 4.70. The lowest BCUT2D eigenvalue weighted by atomic mass is 9.89. The normalized spacial score (nSPS) is 29.1. The van der Waals surface area contributed by atoms with Gasteiger partial charge in [0.1, 0.15) is 23.1 Å². The van der Waals surface area contributed by atoms with Gasteiger partial charge >= 0.3 is 11.8 Å². The van der Waals surface area contributed by atoms with Crippen LogP contribution in [0.15, 0.2) is 33.5 Å².